The maximum Gasteiger partial charge on any atom is 0.122 e. The molecule has 0 spiro atoms. The first kappa shape index (κ1) is 16.6. The Labute approximate surface area is 130 Å². The van der Waals surface area contributed by atoms with Crippen molar-refractivity contribution in [2.75, 3.05) is 6.54 Å². The van der Waals surface area contributed by atoms with Crippen molar-refractivity contribution in [3.8, 4) is 0 Å². The monoisotopic (exact) mass is 292 g/mol. The largest absolute Gasteiger partial charge is 0.468 e. The van der Waals surface area contributed by atoms with Crippen LogP contribution in [0.1, 0.15) is 65.2 Å². The second-order valence-electron chi connectivity index (χ2n) is 7.86. The van der Waals surface area contributed by atoms with Gasteiger partial charge in [-0.25, -0.2) is 0 Å². The van der Waals surface area contributed by atoms with Crippen LogP contribution < -0.4 is 5.32 Å². The second-order valence-corrected chi connectivity index (χ2v) is 7.86. The van der Waals surface area contributed by atoms with Crippen molar-refractivity contribution in [3.63, 3.8) is 0 Å². The van der Waals surface area contributed by atoms with Crippen LogP contribution in [-0.2, 0) is 13.1 Å². The highest BCUT2D eigenvalue weighted by atomic mass is 16.3. The van der Waals surface area contributed by atoms with E-state index in [1.165, 1.54) is 31.4 Å². The molecule has 0 bridgehead atoms. The van der Waals surface area contributed by atoms with E-state index in [-0.39, 0.29) is 5.54 Å². The summed E-state index contributed by atoms with van der Waals surface area (Å²) in [5.74, 6) is 1.91. The molecule has 1 fully saturated rings. The second kappa shape index (κ2) is 6.97. The van der Waals surface area contributed by atoms with Crippen LogP contribution in [-0.4, -0.2) is 23.0 Å². The Bertz CT molecular complexity index is 427. The molecule has 0 aromatic carbocycles. The zero-order valence-electron chi connectivity index (χ0n) is 14.4. The van der Waals surface area contributed by atoms with E-state index in [0.29, 0.717) is 0 Å². The smallest absolute Gasteiger partial charge is 0.122 e. The molecule has 0 unspecified atom stereocenters. The summed E-state index contributed by atoms with van der Waals surface area (Å²) in [7, 11) is 0. The zero-order valence-corrected chi connectivity index (χ0v) is 14.4. The van der Waals surface area contributed by atoms with Gasteiger partial charge >= 0.3 is 0 Å². The number of furan rings is 1. The quantitative estimate of drug-likeness (QED) is 0.779. The summed E-state index contributed by atoms with van der Waals surface area (Å²) in [4.78, 5) is 2.61. The highest BCUT2D eigenvalue weighted by molar-refractivity contribution is 5.17. The van der Waals surface area contributed by atoms with Crippen molar-refractivity contribution in [2.45, 2.75) is 78.6 Å². The topological polar surface area (TPSA) is 28.4 Å². The number of nitrogens with zero attached hydrogens (tertiary/aromatic N) is 1. The number of rotatable bonds is 8. The highest BCUT2D eigenvalue weighted by Gasteiger charge is 2.29. The molecule has 0 aliphatic heterocycles. The minimum atomic E-state index is 0.141. The van der Waals surface area contributed by atoms with Gasteiger partial charge in [0.1, 0.15) is 5.76 Å². The van der Waals surface area contributed by atoms with Crippen LogP contribution in [0.4, 0.5) is 0 Å². The fourth-order valence-corrected chi connectivity index (χ4v) is 2.46. The van der Waals surface area contributed by atoms with Gasteiger partial charge in [0.15, 0.2) is 0 Å². The third kappa shape index (κ3) is 5.84. The number of nitrogens with one attached hydrogen (secondary N) is 1. The SMILES string of the molecule is CC(C)CCN(Cc1occc1CNC(C)(C)C)C1CC1. The summed E-state index contributed by atoms with van der Waals surface area (Å²) in [6, 6.07) is 2.90. The fraction of sp³-hybridized carbons (Fsp3) is 0.778. The molecule has 3 nitrogen and oxygen atoms in total. The predicted octanol–water partition coefficient (Wildman–Crippen LogP) is 4.18. The van der Waals surface area contributed by atoms with Crippen molar-refractivity contribution in [2.24, 2.45) is 5.92 Å². The van der Waals surface area contributed by atoms with Crippen molar-refractivity contribution >= 4 is 0 Å². The standard InChI is InChI=1S/C18H32N2O/c1-14(2)8-10-20(16-6-7-16)13-17-15(9-11-21-17)12-19-18(3,4)5/h9,11,14,16,19H,6-8,10,12-13H2,1-5H3. The first-order valence-corrected chi connectivity index (χ1v) is 8.39. The van der Waals surface area contributed by atoms with Gasteiger partial charge in [-0.05, 0) is 58.6 Å². The molecule has 1 aromatic rings. The van der Waals surface area contributed by atoms with Crippen LogP contribution in [0, 0.1) is 5.92 Å². The molecule has 0 atom stereocenters. The molecule has 0 radical (unpaired) electrons. The van der Waals surface area contributed by atoms with Gasteiger partial charge in [-0.15, -0.1) is 0 Å². The van der Waals surface area contributed by atoms with Crippen molar-refractivity contribution in [1.82, 2.24) is 10.2 Å². The van der Waals surface area contributed by atoms with Crippen molar-refractivity contribution in [1.29, 1.82) is 0 Å². The van der Waals surface area contributed by atoms with Gasteiger partial charge < -0.3 is 9.73 Å². The molecule has 1 aliphatic rings. The lowest BCUT2D eigenvalue weighted by Gasteiger charge is -2.23. The number of hydrogen-bond donors (Lipinski definition) is 1. The summed E-state index contributed by atoms with van der Waals surface area (Å²) < 4.78 is 5.76. The van der Waals surface area contributed by atoms with Crippen molar-refractivity contribution in [3.05, 3.63) is 23.7 Å². The lowest BCUT2D eigenvalue weighted by Crippen LogP contribution is -2.35. The molecule has 2 rings (SSSR count). The van der Waals surface area contributed by atoms with E-state index in [0.717, 1.165) is 30.8 Å². The third-order valence-electron chi connectivity index (χ3n) is 4.05. The van der Waals surface area contributed by atoms with E-state index in [4.69, 9.17) is 4.42 Å². The first-order valence-electron chi connectivity index (χ1n) is 8.39. The van der Waals surface area contributed by atoms with Gasteiger partial charge in [0, 0.05) is 23.7 Å². The molecular formula is C18H32N2O. The Balaban J connectivity index is 1.92. The molecule has 1 N–H and O–H groups in total. The molecule has 1 aromatic heterocycles. The Morgan fingerprint density at radius 3 is 2.62 bits per heavy atom. The summed E-state index contributed by atoms with van der Waals surface area (Å²) >= 11 is 0. The van der Waals surface area contributed by atoms with E-state index in [2.05, 4.69) is 50.9 Å². The fourth-order valence-electron chi connectivity index (χ4n) is 2.46. The van der Waals surface area contributed by atoms with Crippen LogP contribution >= 0.6 is 0 Å². The normalized spacial score (nSPS) is 16.1. The molecule has 1 aliphatic carbocycles. The summed E-state index contributed by atoms with van der Waals surface area (Å²) in [6.07, 6.45) is 5.82. The molecule has 1 saturated carbocycles. The third-order valence-corrected chi connectivity index (χ3v) is 4.05. The van der Waals surface area contributed by atoms with Crippen LogP contribution in [0.25, 0.3) is 0 Å². The van der Waals surface area contributed by atoms with Gasteiger partial charge in [0.25, 0.3) is 0 Å². The molecule has 1 heterocycles. The van der Waals surface area contributed by atoms with Crippen LogP contribution in [0.3, 0.4) is 0 Å². The average molecular weight is 292 g/mol. The maximum atomic E-state index is 5.76. The zero-order chi connectivity index (χ0) is 15.5. The molecule has 3 heteroatoms. The maximum absolute atomic E-state index is 5.76. The van der Waals surface area contributed by atoms with E-state index in [1.54, 1.807) is 0 Å². The summed E-state index contributed by atoms with van der Waals surface area (Å²) in [6.45, 7) is 14.2. The van der Waals surface area contributed by atoms with Crippen LogP contribution in [0.5, 0.6) is 0 Å². The van der Waals surface area contributed by atoms with Gasteiger partial charge in [-0.1, -0.05) is 13.8 Å². The predicted molar refractivity (Wildman–Crippen MR) is 88.2 cm³/mol. The molecule has 0 saturated heterocycles. The van der Waals surface area contributed by atoms with Crippen LogP contribution in [0.2, 0.25) is 0 Å². The highest BCUT2D eigenvalue weighted by Crippen LogP contribution is 2.29. The van der Waals surface area contributed by atoms with Gasteiger partial charge in [-0.3, -0.25) is 4.90 Å². The van der Waals surface area contributed by atoms with Crippen molar-refractivity contribution < 1.29 is 4.42 Å². The molecular weight excluding hydrogens is 260 g/mol. The van der Waals surface area contributed by atoms with Gasteiger partial charge in [-0.2, -0.15) is 0 Å². The van der Waals surface area contributed by atoms with Gasteiger partial charge in [0.2, 0.25) is 0 Å². The van der Waals surface area contributed by atoms with Crippen LogP contribution in [0.15, 0.2) is 16.7 Å². The Hall–Kier alpha value is -0.800. The van der Waals surface area contributed by atoms with E-state index in [9.17, 15) is 0 Å². The van der Waals surface area contributed by atoms with E-state index < -0.39 is 0 Å². The molecule has 120 valence electrons. The molecule has 21 heavy (non-hydrogen) atoms. The minimum absolute atomic E-state index is 0.141. The first-order chi connectivity index (χ1) is 9.85. The Kier molecular flexibility index (Phi) is 5.50. The summed E-state index contributed by atoms with van der Waals surface area (Å²) in [5.41, 5.74) is 1.45. The Morgan fingerprint density at radius 2 is 2.05 bits per heavy atom. The van der Waals surface area contributed by atoms with E-state index >= 15 is 0 Å². The summed E-state index contributed by atoms with van der Waals surface area (Å²) in [5, 5.41) is 3.55. The molecule has 0 amide bonds. The Morgan fingerprint density at radius 1 is 1.33 bits per heavy atom. The minimum Gasteiger partial charge on any atom is -0.468 e. The van der Waals surface area contributed by atoms with Gasteiger partial charge in [0.05, 0.1) is 12.8 Å². The average Bonchev–Trinajstić information content (AvgIpc) is 3.12. The number of hydrogen-bond acceptors (Lipinski definition) is 3. The lowest BCUT2D eigenvalue weighted by molar-refractivity contribution is 0.219. The lowest BCUT2D eigenvalue weighted by atomic mass is 10.1. The van der Waals surface area contributed by atoms with E-state index in [1.807, 2.05) is 6.26 Å².